The molecule has 0 amide bonds. The van der Waals surface area contributed by atoms with Gasteiger partial charge in [-0.2, -0.15) is 0 Å². The van der Waals surface area contributed by atoms with Crippen LogP contribution in [0.5, 0.6) is 0 Å². The number of ketones is 1. The molecule has 0 aromatic heterocycles. The van der Waals surface area contributed by atoms with Crippen molar-refractivity contribution in [2.75, 3.05) is 6.61 Å². The first-order chi connectivity index (χ1) is 6.43. The van der Waals surface area contributed by atoms with E-state index in [0.717, 1.165) is 6.42 Å². The van der Waals surface area contributed by atoms with E-state index in [4.69, 9.17) is 10.2 Å². The first-order valence-electron chi connectivity index (χ1n) is 4.78. The zero-order chi connectivity index (χ0) is 11.6. The molecule has 0 unspecified atom stereocenters. The Balaban J connectivity index is -0.000000208. The monoisotopic (exact) mass is 252 g/mol. The van der Waals surface area contributed by atoms with Crippen molar-refractivity contribution in [3.05, 3.63) is 0 Å². The van der Waals surface area contributed by atoms with Gasteiger partial charge in [0.25, 0.3) is 0 Å². The number of rotatable bonds is 5. The van der Waals surface area contributed by atoms with Crippen LogP contribution in [0.2, 0.25) is 0 Å². The zero-order valence-electron chi connectivity index (χ0n) is 9.62. The van der Waals surface area contributed by atoms with Crippen molar-refractivity contribution < 1.29 is 41.5 Å². The van der Waals surface area contributed by atoms with Crippen molar-refractivity contribution >= 4 is 11.8 Å². The fourth-order valence-electron chi connectivity index (χ4n) is 0.536. The van der Waals surface area contributed by atoms with Gasteiger partial charge in [-0.15, -0.1) is 0 Å². The number of hydrogen-bond acceptors (Lipinski definition) is 3. The van der Waals surface area contributed by atoms with Crippen molar-refractivity contribution in [3.63, 3.8) is 0 Å². The van der Waals surface area contributed by atoms with Gasteiger partial charge in [-0.1, -0.05) is 20.8 Å². The normalized spacial score (nSPS) is 8.60. The van der Waals surface area contributed by atoms with E-state index in [9.17, 15) is 9.59 Å². The van der Waals surface area contributed by atoms with Crippen LogP contribution in [-0.4, -0.2) is 28.6 Å². The number of carboxylic acid groups (broad SMARTS) is 1. The Kier molecular flexibility index (Phi) is 18.7. The second kappa shape index (κ2) is 13.8. The molecular weight excluding hydrogens is 232 g/mol. The molecule has 0 radical (unpaired) electrons. The maximum absolute atomic E-state index is 10.5. The standard InChI is InChI=1S/C6H10O3.C4H10O.Ti/c1-2-3-5(7)4-6(8)9;1-4(2)3-5;/h2-4H2,1H3,(H,8,9);4-5H,3H2,1-2H3;. The molecular formula is C10H20O4Ti. The summed E-state index contributed by atoms with van der Waals surface area (Å²) in [6.45, 7) is 6.10. The molecule has 0 bridgehead atoms. The van der Waals surface area contributed by atoms with Gasteiger partial charge in [-0.3, -0.25) is 9.59 Å². The summed E-state index contributed by atoms with van der Waals surface area (Å²) in [6.07, 6.45) is 0.784. The van der Waals surface area contributed by atoms with Crippen LogP contribution in [0, 0.1) is 5.92 Å². The Hall–Kier alpha value is -0.186. The van der Waals surface area contributed by atoms with Crippen molar-refractivity contribution in [1.82, 2.24) is 0 Å². The van der Waals surface area contributed by atoms with E-state index >= 15 is 0 Å². The van der Waals surface area contributed by atoms with Crippen molar-refractivity contribution in [2.45, 2.75) is 40.0 Å². The van der Waals surface area contributed by atoms with Gasteiger partial charge in [-0.05, 0) is 12.3 Å². The van der Waals surface area contributed by atoms with Crippen LogP contribution in [0.15, 0.2) is 0 Å². The Morgan fingerprint density at radius 1 is 1.27 bits per heavy atom. The molecule has 0 saturated carbocycles. The summed E-state index contributed by atoms with van der Waals surface area (Å²) in [6, 6.07) is 0. The van der Waals surface area contributed by atoms with Crippen molar-refractivity contribution in [2.24, 2.45) is 5.92 Å². The first kappa shape index (κ1) is 20.3. The van der Waals surface area contributed by atoms with Gasteiger partial charge in [0, 0.05) is 34.7 Å². The molecule has 0 aliphatic heterocycles. The molecule has 5 heteroatoms. The number of carbonyl (C=O) groups is 2. The first-order valence-corrected chi connectivity index (χ1v) is 4.78. The molecule has 0 rings (SSSR count). The maximum Gasteiger partial charge on any atom is 0.310 e. The summed E-state index contributed by atoms with van der Waals surface area (Å²) in [4.78, 5) is 20.3. The fourth-order valence-corrected chi connectivity index (χ4v) is 0.536. The zero-order valence-corrected chi connectivity index (χ0v) is 11.2. The summed E-state index contributed by atoms with van der Waals surface area (Å²) in [5.41, 5.74) is 0. The number of carboxylic acids is 1. The predicted octanol–water partition coefficient (Wildman–Crippen LogP) is 1.46. The summed E-state index contributed by atoms with van der Waals surface area (Å²) < 4.78 is 0. The van der Waals surface area contributed by atoms with Crippen LogP contribution >= 0.6 is 0 Å². The number of Topliss-reactive ketones (excluding diaryl/α,β-unsaturated/α-hetero) is 1. The maximum atomic E-state index is 10.5. The smallest absolute Gasteiger partial charge is 0.310 e. The van der Waals surface area contributed by atoms with E-state index in [0.29, 0.717) is 18.9 Å². The Morgan fingerprint density at radius 3 is 1.87 bits per heavy atom. The van der Waals surface area contributed by atoms with Gasteiger partial charge >= 0.3 is 5.97 Å². The van der Waals surface area contributed by atoms with E-state index in [2.05, 4.69) is 0 Å². The molecule has 0 aliphatic rings. The van der Waals surface area contributed by atoms with E-state index in [-0.39, 0.29) is 33.9 Å². The average Bonchev–Trinajstić information content (AvgIpc) is 2.04. The summed E-state index contributed by atoms with van der Waals surface area (Å²) >= 11 is 0. The Morgan fingerprint density at radius 2 is 1.67 bits per heavy atom. The van der Waals surface area contributed by atoms with Crippen molar-refractivity contribution in [1.29, 1.82) is 0 Å². The molecule has 0 aromatic rings. The van der Waals surface area contributed by atoms with Crippen LogP contribution in [-0.2, 0) is 31.3 Å². The van der Waals surface area contributed by atoms with E-state index in [1.165, 1.54) is 0 Å². The second-order valence-corrected chi connectivity index (χ2v) is 3.44. The molecule has 0 spiro atoms. The van der Waals surface area contributed by atoms with E-state index in [1.807, 2.05) is 20.8 Å². The third-order valence-electron chi connectivity index (χ3n) is 1.24. The van der Waals surface area contributed by atoms with Crippen LogP contribution in [0.25, 0.3) is 0 Å². The molecule has 88 valence electrons. The minimum absolute atomic E-state index is 0. The molecule has 4 nitrogen and oxygen atoms in total. The van der Waals surface area contributed by atoms with Crippen LogP contribution in [0.4, 0.5) is 0 Å². The van der Waals surface area contributed by atoms with Gasteiger partial charge in [0.15, 0.2) is 0 Å². The molecule has 2 N–H and O–H groups in total. The molecule has 0 heterocycles. The van der Waals surface area contributed by atoms with E-state index in [1.54, 1.807) is 0 Å². The summed E-state index contributed by atoms with van der Waals surface area (Å²) in [7, 11) is 0. The molecule has 0 saturated heterocycles. The van der Waals surface area contributed by atoms with Crippen LogP contribution < -0.4 is 0 Å². The quantitative estimate of drug-likeness (QED) is 0.573. The number of aliphatic hydroxyl groups is 1. The largest absolute Gasteiger partial charge is 0.481 e. The van der Waals surface area contributed by atoms with E-state index < -0.39 is 5.97 Å². The van der Waals surface area contributed by atoms with Gasteiger partial charge in [0.1, 0.15) is 12.2 Å². The number of aliphatic hydroxyl groups excluding tert-OH is 1. The van der Waals surface area contributed by atoms with Gasteiger partial charge in [-0.25, -0.2) is 0 Å². The SMILES string of the molecule is CC(C)CO.CCCC(=O)CC(=O)O.[Ti]. The van der Waals surface area contributed by atoms with Crippen molar-refractivity contribution in [3.8, 4) is 0 Å². The Labute approximate surface area is 106 Å². The van der Waals surface area contributed by atoms with Crippen LogP contribution in [0.3, 0.4) is 0 Å². The summed E-state index contributed by atoms with van der Waals surface area (Å²) in [5.74, 6) is -0.784. The third kappa shape index (κ3) is 24.8. The number of carbonyl (C=O) groups excluding carboxylic acids is 1. The number of aliphatic carboxylic acids is 1. The fraction of sp³-hybridized carbons (Fsp3) is 0.800. The van der Waals surface area contributed by atoms with Gasteiger partial charge in [0.2, 0.25) is 0 Å². The molecule has 0 aromatic carbocycles. The molecule has 0 aliphatic carbocycles. The third-order valence-corrected chi connectivity index (χ3v) is 1.24. The topological polar surface area (TPSA) is 74.6 Å². The molecule has 15 heavy (non-hydrogen) atoms. The average molecular weight is 252 g/mol. The van der Waals surface area contributed by atoms with Gasteiger partial charge < -0.3 is 10.2 Å². The molecule has 0 fully saturated rings. The van der Waals surface area contributed by atoms with Crippen LogP contribution in [0.1, 0.15) is 40.0 Å². The minimum atomic E-state index is -1.03. The number of hydrogen-bond donors (Lipinski definition) is 2. The Bertz CT molecular complexity index is 169. The molecule has 0 atom stereocenters. The summed E-state index contributed by atoms with van der Waals surface area (Å²) in [5, 5.41) is 16.2. The minimum Gasteiger partial charge on any atom is -0.481 e. The predicted molar refractivity (Wildman–Crippen MR) is 54.1 cm³/mol. The van der Waals surface area contributed by atoms with Gasteiger partial charge in [0.05, 0.1) is 0 Å². The second-order valence-electron chi connectivity index (χ2n) is 3.44.